The molecule has 1 aliphatic carbocycles. The van der Waals surface area contributed by atoms with Gasteiger partial charge in [0.15, 0.2) is 18.0 Å². The zero-order valence-corrected chi connectivity index (χ0v) is 28.7. The molecule has 2 aliphatic rings. The van der Waals surface area contributed by atoms with Crippen molar-refractivity contribution in [1.82, 2.24) is 0 Å². The van der Waals surface area contributed by atoms with E-state index in [1.165, 1.54) is 0 Å². The van der Waals surface area contributed by atoms with Gasteiger partial charge in [0.05, 0.1) is 36.4 Å². The van der Waals surface area contributed by atoms with Crippen LogP contribution in [-0.4, -0.2) is 17.7 Å². The van der Waals surface area contributed by atoms with Gasteiger partial charge in [0, 0.05) is 22.1 Å². The number of esters is 1. The van der Waals surface area contributed by atoms with Crippen molar-refractivity contribution in [3.05, 3.63) is 62.3 Å². The number of fused-ring (bicyclic) bond motifs is 2. The molecule has 1 N–H and O–H groups in total. The van der Waals surface area contributed by atoms with Crippen molar-refractivity contribution in [2.24, 2.45) is 0 Å². The number of hydrogen-bond acceptors (Lipinski definition) is 5. The Morgan fingerprint density at radius 3 is 2.25 bits per heavy atom. The third-order valence-electron chi connectivity index (χ3n) is 5.03. The van der Waals surface area contributed by atoms with Crippen LogP contribution < -0.4 is 5.43 Å². The first-order chi connectivity index (χ1) is 16.9. The Bertz CT molecular complexity index is 1690. The number of halogens is 8. The highest BCUT2D eigenvalue weighted by Gasteiger charge is 2.33. The average molecular weight is 1010 g/mol. The molecule has 36 heavy (non-hydrogen) atoms. The first kappa shape index (κ1) is 29.0. The molecule has 5 nitrogen and oxygen atoms in total. The zero-order chi connectivity index (χ0) is 26.6. The molecule has 0 atom stereocenters. The second-order valence-electron chi connectivity index (χ2n) is 7.04. The van der Waals surface area contributed by atoms with Crippen LogP contribution in [0.2, 0.25) is 20.1 Å². The Labute approximate surface area is 278 Å². The van der Waals surface area contributed by atoms with E-state index in [4.69, 9.17) is 62.0 Å². The molecule has 0 saturated heterocycles. The summed E-state index contributed by atoms with van der Waals surface area (Å²) in [5, 5.41) is 10.6. The molecule has 1 aliphatic heterocycles. The van der Waals surface area contributed by atoms with Crippen molar-refractivity contribution in [3.63, 3.8) is 0 Å². The van der Waals surface area contributed by atoms with Crippen molar-refractivity contribution in [2.75, 3.05) is 6.61 Å². The predicted octanol–water partition coefficient (Wildman–Crippen LogP) is 9.09. The Kier molecular flexibility index (Phi) is 9.08. The summed E-state index contributed by atoms with van der Waals surface area (Å²) in [6, 6.07) is 3.29. The van der Waals surface area contributed by atoms with Gasteiger partial charge in [-0.05, 0) is 102 Å². The second kappa shape index (κ2) is 11.3. The van der Waals surface area contributed by atoms with Gasteiger partial charge in [0.1, 0.15) is 9.32 Å². The van der Waals surface area contributed by atoms with Gasteiger partial charge in [-0.2, -0.15) is 0 Å². The van der Waals surface area contributed by atoms with E-state index in [0.717, 1.165) is 0 Å². The third kappa shape index (κ3) is 4.79. The number of carbonyl (C=O) groups excluding carboxylic acids is 1. The van der Waals surface area contributed by atoms with Crippen LogP contribution in [0.15, 0.2) is 21.3 Å². The van der Waals surface area contributed by atoms with E-state index in [0.29, 0.717) is 30.8 Å². The van der Waals surface area contributed by atoms with E-state index in [9.17, 15) is 14.7 Å². The van der Waals surface area contributed by atoms with Crippen molar-refractivity contribution in [2.45, 2.75) is 0 Å². The smallest absolute Gasteiger partial charge is 0.341 e. The molecule has 0 aromatic heterocycles. The lowest BCUT2D eigenvalue weighted by atomic mass is 9.90. The number of phenols is 1. The molecule has 0 amide bonds. The molecule has 2 aromatic rings. The van der Waals surface area contributed by atoms with Crippen molar-refractivity contribution in [1.29, 1.82) is 0 Å². The summed E-state index contributed by atoms with van der Waals surface area (Å²) in [6.07, 6.45) is 5.27. The number of aromatic hydroxyl groups is 1. The predicted molar refractivity (Wildman–Crippen MR) is 176 cm³/mol. The minimum Gasteiger partial charge on any atom is -0.506 e. The maximum atomic E-state index is 13.2. The summed E-state index contributed by atoms with van der Waals surface area (Å²) in [5.74, 6) is 1.58. The quantitative estimate of drug-likeness (QED) is 0.0554. The normalized spacial score (nSPS) is 11.2. The number of terminal acetylenes is 1. The lowest BCUT2D eigenvalue weighted by molar-refractivity contribution is 0.0558. The molecule has 0 unspecified atom stereocenters. The molecule has 0 fully saturated rings. The molecule has 0 radical (unpaired) electrons. The Hall–Kier alpha value is 0.0400. The van der Waals surface area contributed by atoms with E-state index in [1.807, 2.05) is 90.4 Å². The molecule has 184 valence electrons. The van der Waals surface area contributed by atoms with E-state index in [-0.39, 0.29) is 60.3 Å². The van der Waals surface area contributed by atoms with E-state index >= 15 is 0 Å². The number of rotatable bonds is 3. The maximum Gasteiger partial charge on any atom is 0.341 e. The molecule has 0 spiro atoms. The van der Waals surface area contributed by atoms with Crippen LogP contribution in [-0.2, 0) is 4.74 Å². The van der Waals surface area contributed by atoms with Gasteiger partial charge in [-0.15, -0.1) is 6.42 Å². The summed E-state index contributed by atoms with van der Waals surface area (Å²) in [6.45, 7) is -0.322. The number of phenolic OH excluding ortho intramolecular Hbond substituents is 1. The molecular weight excluding hydrogens is 1010 g/mol. The number of carbonyl (C=O) groups is 1. The first-order valence-electron chi connectivity index (χ1n) is 9.34. The Morgan fingerprint density at radius 1 is 0.972 bits per heavy atom. The monoisotopic (exact) mass is 1010 g/mol. The highest BCUT2D eigenvalue weighted by atomic mass is 127. The number of hydrogen-bond donors (Lipinski definition) is 1. The maximum absolute atomic E-state index is 13.2. The molecule has 0 bridgehead atoms. The van der Waals surface area contributed by atoms with Gasteiger partial charge < -0.3 is 14.3 Å². The van der Waals surface area contributed by atoms with E-state index < -0.39 is 5.97 Å². The molecular formula is C23H6Cl4I4O5. The SMILES string of the molecule is C#CCOC(=O)c1c(Cl)c(Cl)c(Cl)c(Cl)c1-c1c2cc(I)c(=O)c(I)c-2oc2c(I)c(O)c(I)cc12. The summed E-state index contributed by atoms with van der Waals surface area (Å²) in [7, 11) is 0. The van der Waals surface area contributed by atoms with E-state index in [1.54, 1.807) is 12.1 Å². The average Bonchev–Trinajstić information content (AvgIpc) is 2.85. The molecule has 0 saturated carbocycles. The molecule has 2 aromatic carbocycles. The van der Waals surface area contributed by atoms with Crippen LogP contribution in [0.25, 0.3) is 33.4 Å². The fourth-order valence-corrected chi connectivity index (χ4v) is 8.10. The standard InChI is InChI=1S/C23H6Cl4I4O5/c1-2-3-35-23(34)12-11(13(24)15(26)16(27)14(12)25)10-6-4-8(28)19(32)17(30)21(6)36-22-7(10)5-9(29)20(33)18(22)31/h1,4-5,32H,3H2. The van der Waals surface area contributed by atoms with Gasteiger partial charge >= 0.3 is 5.97 Å². The third-order valence-corrected chi connectivity index (χ3v) is 10.4. The summed E-state index contributed by atoms with van der Waals surface area (Å²) >= 11 is 33.8. The van der Waals surface area contributed by atoms with Crippen LogP contribution in [0.4, 0.5) is 0 Å². The van der Waals surface area contributed by atoms with Crippen LogP contribution in [0.1, 0.15) is 10.4 Å². The number of ether oxygens (including phenoxy) is 1. The van der Waals surface area contributed by atoms with Crippen LogP contribution in [0.3, 0.4) is 0 Å². The second-order valence-corrected chi connectivity index (χ2v) is 13.0. The fraction of sp³-hybridized carbons (Fsp3) is 0.0435. The summed E-state index contributed by atoms with van der Waals surface area (Å²) in [4.78, 5) is 26.0. The first-order valence-corrected chi connectivity index (χ1v) is 15.2. The highest BCUT2D eigenvalue weighted by molar-refractivity contribution is 14.1. The fourth-order valence-electron chi connectivity index (χ4n) is 3.50. The summed E-state index contributed by atoms with van der Waals surface area (Å²) < 4.78 is 13.0. The summed E-state index contributed by atoms with van der Waals surface area (Å²) in [5.41, 5.74) is 0.817. The van der Waals surface area contributed by atoms with Gasteiger partial charge in [0.25, 0.3) is 0 Å². The minimum absolute atomic E-state index is 0.00691. The van der Waals surface area contributed by atoms with Crippen LogP contribution >= 0.6 is 137 Å². The van der Waals surface area contributed by atoms with Gasteiger partial charge in [-0.25, -0.2) is 4.79 Å². The van der Waals surface area contributed by atoms with Gasteiger partial charge in [-0.3, -0.25) is 4.79 Å². The lowest BCUT2D eigenvalue weighted by Gasteiger charge is -2.22. The zero-order valence-electron chi connectivity index (χ0n) is 17.0. The van der Waals surface area contributed by atoms with Crippen molar-refractivity contribution >= 4 is 154 Å². The lowest BCUT2D eigenvalue weighted by Crippen LogP contribution is -2.13. The minimum atomic E-state index is -0.872. The van der Waals surface area contributed by atoms with Gasteiger partial charge in [0.2, 0.25) is 5.43 Å². The van der Waals surface area contributed by atoms with Crippen molar-refractivity contribution < 1.29 is 19.1 Å². The van der Waals surface area contributed by atoms with Crippen LogP contribution in [0.5, 0.6) is 5.75 Å². The van der Waals surface area contributed by atoms with Gasteiger partial charge in [-0.1, -0.05) is 52.3 Å². The molecule has 1 heterocycles. The van der Waals surface area contributed by atoms with E-state index in [2.05, 4.69) is 5.92 Å². The Balaban J connectivity index is 2.35. The Morgan fingerprint density at radius 2 is 1.61 bits per heavy atom. The largest absolute Gasteiger partial charge is 0.506 e. The topological polar surface area (TPSA) is 76.7 Å². The van der Waals surface area contributed by atoms with Crippen LogP contribution in [0, 0.1) is 26.6 Å². The number of benzene rings is 3. The molecule has 4 rings (SSSR count). The van der Waals surface area contributed by atoms with Crippen molar-refractivity contribution in [3.8, 4) is 40.5 Å². The highest BCUT2D eigenvalue weighted by Crippen LogP contribution is 2.52. The molecule has 13 heteroatoms.